The van der Waals surface area contributed by atoms with E-state index in [2.05, 4.69) is 11.8 Å². The normalized spacial score (nSPS) is 39.0. The summed E-state index contributed by atoms with van der Waals surface area (Å²) in [6.45, 7) is 7.03. The molecule has 3 saturated heterocycles. The van der Waals surface area contributed by atoms with E-state index in [1.54, 1.807) is 0 Å². The van der Waals surface area contributed by atoms with E-state index in [1.807, 2.05) is 0 Å². The van der Waals surface area contributed by atoms with E-state index < -0.39 is 0 Å². The molecule has 3 unspecified atom stereocenters. The van der Waals surface area contributed by atoms with Gasteiger partial charge in [0.25, 0.3) is 0 Å². The minimum absolute atomic E-state index is 0.0982. The highest BCUT2D eigenvalue weighted by atomic mass is 16.5. The van der Waals surface area contributed by atoms with Crippen LogP contribution >= 0.6 is 0 Å². The molecule has 3 atom stereocenters. The van der Waals surface area contributed by atoms with Crippen LogP contribution in [0.15, 0.2) is 0 Å². The van der Waals surface area contributed by atoms with E-state index in [-0.39, 0.29) is 5.60 Å². The van der Waals surface area contributed by atoms with Gasteiger partial charge in [-0.2, -0.15) is 0 Å². The molecule has 4 nitrogen and oxygen atoms in total. The first-order chi connectivity index (χ1) is 9.74. The molecule has 1 spiro atoms. The second-order valence-electron chi connectivity index (χ2n) is 6.95. The van der Waals surface area contributed by atoms with Gasteiger partial charge in [0.15, 0.2) is 0 Å². The number of ether oxygens (including phenoxy) is 2. The van der Waals surface area contributed by atoms with Gasteiger partial charge in [0.05, 0.1) is 5.60 Å². The SMILES string of the molecule is CC1CCCN(C2CCOC3(CCOCC3)C2)C1CN. The largest absolute Gasteiger partial charge is 0.381 e. The number of rotatable bonds is 2. The molecule has 0 saturated carbocycles. The third-order valence-electron chi connectivity index (χ3n) is 5.74. The molecule has 2 N–H and O–H groups in total. The standard InChI is InChI=1S/C16H30N2O2/c1-13-3-2-7-18(15(13)12-17)14-4-8-20-16(11-14)5-9-19-10-6-16/h13-15H,2-12,17H2,1H3. The Morgan fingerprint density at radius 2 is 2.00 bits per heavy atom. The predicted molar refractivity (Wildman–Crippen MR) is 79.7 cm³/mol. The van der Waals surface area contributed by atoms with E-state index in [1.165, 1.54) is 32.2 Å². The van der Waals surface area contributed by atoms with Gasteiger partial charge in [-0.15, -0.1) is 0 Å². The topological polar surface area (TPSA) is 47.7 Å². The summed E-state index contributed by atoms with van der Waals surface area (Å²) >= 11 is 0. The van der Waals surface area contributed by atoms with Crippen molar-refractivity contribution in [1.29, 1.82) is 0 Å². The summed E-state index contributed by atoms with van der Waals surface area (Å²) < 4.78 is 11.7. The average molecular weight is 282 g/mol. The number of likely N-dealkylation sites (tertiary alicyclic amines) is 1. The van der Waals surface area contributed by atoms with Gasteiger partial charge in [0.2, 0.25) is 0 Å². The molecule has 0 bridgehead atoms. The predicted octanol–water partition coefficient (Wildman–Crippen LogP) is 1.77. The van der Waals surface area contributed by atoms with Crippen LogP contribution in [0, 0.1) is 5.92 Å². The Hall–Kier alpha value is -0.160. The Bertz CT molecular complexity index is 312. The highest BCUT2D eigenvalue weighted by Crippen LogP contribution is 2.38. The van der Waals surface area contributed by atoms with Crippen LogP contribution in [-0.2, 0) is 9.47 Å². The number of nitrogens with two attached hydrogens (primary N) is 1. The van der Waals surface area contributed by atoms with Gasteiger partial charge in [-0.3, -0.25) is 4.90 Å². The molecular formula is C16H30N2O2. The van der Waals surface area contributed by atoms with Crippen LogP contribution in [0.1, 0.15) is 45.4 Å². The van der Waals surface area contributed by atoms with Gasteiger partial charge < -0.3 is 15.2 Å². The maximum Gasteiger partial charge on any atom is 0.0741 e. The van der Waals surface area contributed by atoms with Gasteiger partial charge >= 0.3 is 0 Å². The summed E-state index contributed by atoms with van der Waals surface area (Å²) in [4.78, 5) is 2.72. The van der Waals surface area contributed by atoms with E-state index in [0.29, 0.717) is 12.1 Å². The highest BCUT2D eigenvalue weighted by Gasteiger charge is 2.43. The van der Waals surface area contributed by atoms with Gasteiger partial charge in [-0.25, -0.2) is 0 Å². The summed E-state index contributed by atoms with van der Waals surface area (Å²) in [5.41, 5.74) is 6.17. The molecule has 3 fully saturated rings. The molecule has 3 heterocycles. The van der Waals surface area contributed by atoms with Crippen LogP contribution in [0.3, 0.4) is 0 Å². The van der Waals surface area contributed by atoms with Gasteiger partial charge in [-0.1, -0.05) is 6.92 Å². The van der Waals surface area contributed by atoms with Crippen LogP contribution in [-0.4, -0.2) is 55.5 Å². The lowest BCUT2D eigenvalue weighted by atomic mass is 9.81. The Morgan fingerprint density at radius 3 is 2.75 bits per heavy atom. The number of piperidine rings is 1. The second kappa shape index (κ2) is 6.30. The summed E-state index contributed by atoms with van der Waals surface area (Å²) in [6, 6.07) is 1.24. The van der Waals surface area contributed by atoms with Crippen LogP contribution in [0.5, 0.6) is 0 Å². The van der Waals surface area contributed by atoms with Crippen molar-refractivity contribution < 1.29 is 9.47 Å². The van der Waals surface area contributed by atoms with E-state index in [9.17, 15) is 0 Å². The molecule has 3 rings (SSSR count). The monoisotopic (exact) mass is 282 g/mol. The molecule has 116 valence electrons. The van der Waals surface area contributed by atoms with Crippen molar-refractivity contribution in [1.82, 2.24) is 4.90 Å². The van der Waals surface area contributed by atoms with Crippen LogP contribution in [0.25, 0.3) is 0 Å². The molecule has 3 aliphatic rings. The van der Waals surface area contributed by atoms with Crippen molar-refractivity contribution in [3.8, 4) is 0 Å². The zero-order valence-corrected chi connectivity index (χ0v) is 12.9. The zero-order valence-electron chi connectivity index (χ0n) is 12.9. The Balaban J connectivity index is 1.69. The van der Waals surface area contributed by atoms with Crippen molar-refractivity contribution in [3.05, 3.63) is 0 Å². The molecule has 0 radical (unpaired) electrons. The fraction of sp³-hybridized carbons (Fsp3) is 1.00. The van der Waals surface area contributed by atoms with Crippen LogP contribution in [0.4, 0.5) is 0 Å². The third kappa shape index (κ3) is 2.89. The highest BCUT2D eigenvalue weighted by molar-refractivity contribution is 4.96. The first-order valence-electron chi connectivity index (χ1n) is 8.42. The quantitative estimate of drug-likeness (QED) is 0.838. The fourth-order valence-corrected chi connectivity index (χ4v) is 4.48. The molecule has 0 aromatic rings. The van der Waals surface area contributed by atoms with Crippen molar-refractivity contribution in [2.75, 3.05) is 32.9 Å². The van der Waals surface area contributed by atoms with Gasteiger partial charge in [0.1, 0.15) is 0 Å². The lowest BCUT2D eigenvalue weighted by Crippen LogP contribution is -2.58. The van der Waals surface area contributed by atoms with Gasteiger partial charge in [0, 0.05) is 38.4 Å². The summed E-state index contributed by atoms with van der Waals surface area (Å²) in [6.07, 6.45) is 7.15. The number of nitrogens with zero attached hydrogens (tertiary/aromatic N) is 1. The molecule has 0 aromatic heterocycles. The summed E-state index contributed by atoms with van der Waals surface area (Å²) in [5.74, 6) is 0.738. The average Bonchev–Trinajstić information content (AvgIpc) is 2.48. The molecule has 0 amide bonds. The maximum atomic E-state index is 6.19. The first kappa shape index (κ1) is 14.8. The van der Waals surface area contributed by atoms with Crippen LogP contribution in [0.2, 0.25) is 0 Å². The number of hydrogen-bond donors (Lipinski definition) is 1. The van der Waals surface area contributed by atoms with Crippen LogP contribution < -0.4 is 5.73 Å². The molecule has 3 aliphatic heterocycles. The minimum atomic E-state index is 0.0982. The Labute approximate surface area is 123 Å². The van der Waals surface area contributed by atoms with Crippen molar-refractivity contribution in [2.45, 2.75) is 63.1 Å². The Kier molecular flexibility index (Phi) is 4.65. The van der Waals surface area contributed by atoms with E-state index in [4.69, 9.17) is 15.2 Å². The lowest BCUT2D eigenvalue weighted by molar-refractivity contribution is -0.157. The molecule has 20 heavy (non-hydrogen) atoms. The van der Waals surface area contributed by atoms with Crippen molar-refractivity contribution >= 4 is 0 Å². The fourth-order valence-electron chi connectivity index (χ4n) is 4.48. The lowest BCUT2D eigenvalue weighted by Gasteiger charge is -2.50. The van der Waals surface area contributed by atoms with E-state index >= 15 is 0 Å². The second-order valence-corrected chi connectivity index (χ2v) is 6.95. The zero-order chi connectivity index (χ0) is 14.0. The first-order valence-corrected chi connectivity index (χ1v) is 8.42. The summed E-state index contributed by atoms with van der Waals surface area (Å²) in [7, 11) is 0. The third-order valence-corrected chi connectivity index (χ3v) is 5.74. The Morgan fingerprint density at radius 1 is 1.20 bits per heavy atom. The van der Waals surface area contributed by atoms with Crippen molar-refractivity contribution in [3.63, 3.8) is 0 Å². The van der Waals surface area contributed by atoms with Gasteiger partial charge in [-0.05, 0) is 51.0 Å². The number of hydrogen-bond acceptors (Lipinski definition) is 4. The smallest absolute Gasteiger partial charge is 0.0741 e. The molecular weight excluding hydrogens is 252 g/mol. The molecule has 0 aromatic carbocycles. The van der Waals surface area contributed by atoms with E-state index in [0.717, 1.165) is 45.1 Å². The molecule has 0 aliphatic carbocycles. The summed E-state index contributed by atoms with van der Waals surface area (Å²) in [5, 5.41) is 0. The molecule has 4 heteroatoms. The maximum absolute atomic E-state index is 6.19. The van der Waals surface area contributed by atoms with Crippen molar-refractivity contribution in [2.24, 2.45) is 11.7 Å². The minimum Gasteiger partial charge on any atom is -0.381 e.